The van der Waals surface area contributed by atoms with Crippen LogP contribution < -0.4 is 10.9 Å². The summed E-state index contributed by atoms with van der Waals surface area (Å²) >= 11 is 1.35. The molecule has 0 unspecified atom stereocenters. The van der Waals surface area contributed by atoms with Gasteiger partial charge in [0.1, 0.15) is 29.4 Å². The molecule has 2 aliphatic rings. The molecule has 0 spiro atoms. The van der Waals surface area contributed by atoms with E-state index >= 15 is 0 Å². The van der Waals surface area contributed by atoms with Gasteiger partial charge in [0, 0.05) is 17.6 Å². The number of aromatic nitrogens is 2. The standard InChI is InChI=1S/C16H18N4O5S/c1-16(24)11(23)8(6-21)25-14(16)20-5-7-3-4-9(22)17-12-10(7)13(20)19-15(18-12)26-2/h3-5,8,11,14,21,23-24H,6H2,1-2H3,(H,17,18,19,22)/t8-,11-,14-,16-/m1/s1. The molecule has 4 N–H and O–H groups in total. The van der Waals surface area contributed by atoms with Crippen molar-refractivity contribution in [1.29, 1.82) is 0 Å². The van der Waals surface area contributed by atoms with Gasteiger partial charge >= 0.3 is 0 Å². The third-order valence-electron chi connectivity index (χ3n) is 4.71. The second kappa shape index (κ2) is 6.03. The van der Waals surface area contributed by atoms with Gasteiger partial charge in [-0.1, -0.05) is 11.8 Å². The van der Waals surface area contributed by atoms with Crippen molar-refractivity contribution in [2.24, 2.45) is 4.99 Å². The summed E-state index contributed by atoms with van der Waals surface area (Å²) in [7, 11) is 0. The van der Waals surface area contributed by atoms with Crippen LogP contribution in [0.5, 0.6) is 0 Å². The lowest BCUT2D eigenvalue weighted by Gasteiger charge is -2.28. The molecule has 0 saturated carbocycles. The molecular weight excluding hydrogens is 360 g/mol. The Morgan fingerprint density at radius 3 is 2.88 bits per heavy atom. The highest BCUT2D eigenvalue weighted by molar-refractivity contribution is 8.13. The molecule has 0 amide bonds. The average molecular weight is 378 g/mol. The summed E-state index contributed by atoms with van der Waals surface area (Å²) in [4.78, 5) is 20.4. The molecule has 10 heteroatoms. The zero-order valence-corrected chi connectivity index (χ0v) is 14.9. The summed E-state index contributed by atoms with van der Waals surface area (Å²) in [5.41, 5.74) is -2.03. The number of nitrogens with one attached hydrogen (secondary N) is 1. The van der Waals surface area contributed by atoms with Crippen LogP contribution in [-0.4, -0.2) is 60.7 Å². The fourth-order valence-electron chi connectivity index (χ4n) is 3.36. The zero-order chi connectivity index (χ0) is 18.6. The topological polar surface area (TPSA) is 129 Å². The molecule has 0 aromatic carbocycles. The molecule has 0 radical (unpaired) electrons. The number of amidine groups is 1. The largest absolute Gasteiger partial charge is 0.394 e. The van der Waals surface area contributed by atoms with Gasteiger partial charge in [0.05, 0.1) is 12.0 Å². The number of aliphatic imine (C=N–C) groups is 1. The Balaban J connectivity index is 1.96. The van der Waals surface area contributed by atoms with Crippen molar-refractivity contribution in [3.63, 3.8) is 0 Å². The maximum Gasteiger partial charge on any atom is 0.271 e. The van der Waals surface area contributed by atoms with E-state index in [4.69, 9.17) is 4.74 Å². The Morgan fingerprint density at radius 1 is 1.46 bits per heavy atom. The van der Waals surface area contributed by atoms with Gasteiger partial charge in [-0.2, -0.15) is 4.98 Å². The van der Waals surface area contributed by atoms with Gasteiger partial charge < -0.3 is 29.9 Å². The molecule has 4 heterocycles. The first-order valence-electron chi connectivity index (χ1n) is 7.99. The minimum atomic E-state index is -1.64. The number of rotatable bonds is 2. The van der Waals surface area contributed by atoms with Crippen molar-refractivity contribution < 1.29 is 20.1 Å². The predicted octanol–water partition coefficient (Wildman–Crippen LogP) is 0.174. The van der Waals surface area contributed by atoms with E-state index < -0.39 is 30.6 Å². The van der Waals surface area contributed by atoms with Gasteiger partial charge in [0.25, 0.3) is 5.56 Å². The van der Waals surface area contributed by atoms with E-state index in [-0.39, 0.29) is 5.56 Å². The van der Waals surface area contributed by atoms with Gasteiger partial charge in [-0.05, 0) is 19.2 Å². The Morgan fingerprint density at radius 2 is 2.23 bits per heavy atom. The second-order valence-corrected chi connectivity index (χ2v) is 7.24. The molecule has 0 aliphatic carbocycles. The fraction of sp³-hybridized carbons (Fsp3) is 0.438. The van der Waals surface area contributed by atoms with Crippen LogP contribution in [0.4, 0.5) is 11.6 Å². The van der Waals surface area contributed by atoms with Crippen LogP contribution in [0.25, 0.3) is 10.8 Å². The minimum Gasteiger partial charge on any atom is -0.394 e. The summed E-state index contributed by atoms with van der Waals surface area (Å²) in [5, 5.41) is 35.3. The van der Waals surface area contributed by atoms with E-state index in [2.05, 4.69) is 15.3 Å². The van der Waals surface area contributed by atoms with Gasteiger partial charge in [-0.25, -0.2) is 4.99 Å². The monoisotopic (exact) mass is 378 g/mol. The van der Waals surface area contributed by atoms with Crippen LogP contribution in [-0.2, 0) is 4.74 Å². The first kappa shape index (κ1) is 17.4. The molecule has 2 aliphatic heterocycles. The molecule has 26 heavy (non-hydrogen) atoms. The number of ether oxygens (including phenoxy) is 1. The van der Waals surface area contributed by atoms with Crippen molar-refractivity contribution in [3.8, 4) is 0 Å². The summed E-state index contributed by atoms with van der Waals surface area (Å²) in [6.45, 7) is 1.02. The van der Waals surface area contributed by atoms with E-state index in [0.717, 1.165) is 0 Å². The van der Waals surface area contributed by atoms with Crippen LogP contribution in [0.3, 0.4) is 0 Å². The highest BCUT2D eigenvalue weighted by Crippen LogP contribution is 2.45. The normalized spacial score (nSPS) is 30.3. The lowest BCUT2D eigenvalue weighted by atomic mass is 9.96. The molecule has 1 saturated heterocycles. The van der Waals surface area contributed by atoms with Gasteiger partial charge in [0.2, 0.25) is 0 Å². The van der Waals surface area contributed by atoms with Crippen LogP contribution in [0, 0.1) is 0 Å². The van der Waals surface area contributed by atoms with Gasteiger partial charge in [0.15, 0.2) is 11.4 Å². The average Bonchev–Trinajstić information content (AvgIpc) is 3.01. The quantitative estimate of drug-likeness (QED) is 0.582. The number of thioether (sulfide) groups is 1. The van der Waals surface area contributed by atoms with Crippen molar-refractivity contribution in [2.75, 3.05) is 18.2 Å². The van der Waals surface area contributed by atoms with E-state index in [1.807, 2.05) is 6.26 Å². The number of hydrogen-bond donors (Lipinski definition) is 4. The first-order valence-corrected chi connectivity index (χ1v) is 9.21. The summed E-state index contributed by atoms with van der Waals surface area (Å²) < 4.78 is 7.32. The van der Waals surface area contributed by atoms with E-state index in [1.54, 1.807) is 16.8 Å². The van der Waals surface area contributed by atoms with Crippen molar-refractivity contribution >= 4 is 39.3 Å². The lowest BCUT2D eigenvalue weighted by Crippen LogP contribution is -2.44. The number of hydrogen-bond acceptors (Lipinski definition) is 9. The number of aliphatic hydroxyl groups is 3. The molecule has 2 aromatic rings. The Kier molecular flexibility index (Phi) is 4.04. The van der Waals surface area contributed by atoms with Gasteiger partial charge in [-0.15, -0.1) is 0 Å². The fourth-order valence-corrected chi connectivity index (χ4v) is 3.74. The smallest absolute Gasteiger partial charge is 0.271 e. The predicted molar refractivity (Wildman–Crippen MR) is 97.9 cm³/mol. The van der Waals surface area contributed by atoms with Crippen LogP contribution >= 0.6 is 11.8 Å². The van der Waals surface area contributed by atoms with Crippen LogP contribution in [0.15, 0.2) is 28.1 Å². The van der Waals surface area contributed by atoms with E-state index in [9.17, 15) is 20.1 Å². The van der Waals surface area contributed by atoms with E-state index in [0.29, 0.717) is 27.6 Å². The summed E-state index contributed by atoms with van der Waals surface area (Å²) in [6, 6.07) is 2.98. The number of anilines is 1. The minimum absolute atomic E-state index is 0.375. The number of aliphatic hydroxyl groups excluding tert-OH is 2. The van der Waals surface area contributed by atoms with Crippen molar-refractivity contribution in [3.05, 3.63) is 28.7 Å². The highest BCUT2D eigenvalue weighted by Gasteiger charge is 2.53. The van der Waals surface area contributed by atoms with Crippen LogP contribution in [0.1, 0.15) is 13.2 Å². The Labute approximate surface area is 152 Å². The maximum atomic E-state index is 11.8. The maximum absolute atomic E-state index is 11.8. The molecule has 1 fully saturated rings. The third kappa shape index (κ3) is 2.45. The molecule has 0 bridgehead atoms. The number of nitrogens with zero attached hydrogens (tertiary/aromatic N) is 3. The summed E-state index contributed by atoms with van der Waals surface area (Å²) in [5.74, 6) is 0.831. The molecule has 138 valence electrons. The molecule has 4 rings (SSSR count). The van der Waals surface area contributed by atoms with Gasteiger partial charge in [-0.3, -0.25) is 4.79 Å². The van der Waals surface area contributed by atoms with Crippen molar-refractivity contribution in [1.82, 2.24) is 9.55 Å². The second-order valence-electron chi connectivity index (χ2n) is 6.45. The molecule has 9 nitrogen and oxygen atoms in total. The third-order valence-corrected chi connectivity index (χ3v) is 5.29. The van der Waals surface area contributed by atoms with E-state index in [1.165, 1.54) is 24.8 Å². The van der Waals surface area contributed by atoms with Crippen LogP contribution in [0.2, 0.25) is 0 Å². The zero-order valence-electron chi connectivity index (χ0n) is 14.1. The highest BCUT2D eigenvalue weighted by atomic mass is 32.2. The first-order chi connectivity index (χ1) is 12.4. The SMILES string of the molecule is CSC1=Nc2c3c(nc(=O)ccc3cn2[C@@H]2O[C@H](CO)[C@@H](O)[C@@]2(C)O)N1. The molecule has 2 aromatic heterocycles. The van der Waals surface area contributed by atoms with Crippen molar-refractivity contribution in [2.45, 2.75) is 31.0 Å². The lowest BCUT2D eigenvalue weighted by molar-refractivity contribution is -0.0955. The Hall–Kier alpha value is -1.98. The Bertz CT molecular complexity index is 973. The molecular formula is C16H18N4O5S. The molecule has 4 atom stereocenters. The summed E-state index contributed by atoms with van der Waals surface area (Å²) in [6.07, 6.45) is 0.376.